The number of aromatic nitrogens is 2. The molecular weight excluding hydrogens is 434 g/mol. The van der Waals surface area contributed by atoms with E-state index in [1.54, 1.807) is 14.1 Å². The van der Waals surface area contributed by atoms with Crippen molar-refractivity contribution >= 4 is 45.0 Å². The molecular formula is C16H14BrClF2N4O2. The van der Waals surface area contributed by atoms with Crippen molar-refractivity contribution in [3.63, 3.8) is 0 Å². The topological polar surface area (TPSA) is 67.2 Å². The maximum atomic E-state index is 13.8. The second-order valence-corrected chi connectivity index (χ2v) is 7.16. The van der Waals surface area contributed by atoms with Crippen LogP contribution in [-0.4, -0.2) is 40.1 Å². The summed E-state index contributed by atoms with van der Waals surface area (Å²) in [5.74, 6) is -5.16. The zero-order chi connectivity index (χ0) is 19.2. The highest BCUT2D eigenvalue weighted by Crippen LogP contribution is 2.39. The van der Waals surface area contributed by atoms with E-state index in [1.807, 2.05) is 0 Å². The summed E-state index contributed by atoms with van der Waals surface area (Å²) >= 11 is 9.44. The quantitative estimate of drug-likeness (QED) is 0.736. The molecule has 1 aliphatic heterocycles. The maximum absolute atomic E-state index is 13.8. The fourth-order valence-electron chi connectivity index (χ4n) is 2.98. The Morgan fingerprint density at radius 3 is 2.69 bits per heavy atom. The van der Waals surface area contributed by atoms with Crippen LogP contribution in [0, 0.1) is 17.6 Å². The van der Waals surface area contributed by atoms with Gasteiger partial charge in [-0.2, -0.15) is 5.10 Å². The number of benzene rings is 1. The molecule has 0 spiro atoms. The van der Waals surface area contributed by atoms with E-state index in [9.17, 15) is 18.4 Å². The molecule has 6 nitrogen and oxygen atoms in total. The number of rotatable bonds is 3. The van der Waals surface area contributed by atoms with Gasteiger partial charge in [0.15, 0.2) is 11.6 Å². The Morgan fingerprint density at radius 1 is 1.38 bits per heavy atom. The molecule has 0 aliphatic carbocycles. The van der Waals surface area contributed by atoms with Crippen LogP contribution in [0.15, 0.2) is 22.7 Å². The Kier molecular flexibility index (Phi) is 5.03. The molecule has 138 valence electrons. The average molecular weight is 448 g/mol. The van der Waals surface area contributed by atoms with Crippen LogP contribution in [0.25, 0.3) is 0 Å². The number of hydrogen-bond acceptors (Lipinski definition) is 3. The monoisotopic (exact) mass is 446 g/mol. The van der Waals surface area contributed by atoms with Crippen molar-refractivity contribution in [3.8, 4) is 0 Å². The van der Waals surface area contributed by atoms with Crippen LogP contribution in [0.1, 0.15) is 11.6 Å². The van der Waals surface area contributed by atoms with Crippen molar-refractivity contribution in [1.82, 2.24) is 14.7 Å². The van der Waals surface area contributed by atoms with E-state index in [4.69, 9.17) is 11.6 Å². The highest BCUT2D eigenvalue weighted by atomic mass is 79.9. The van der Waals surface area contributed by atoms with Crippen molar-refractivity contribution in [2.45, 2.75) is 5.92 Å². The van der Waals surface area contributed by atoms with Gasteiger partial charge in [-0.15, -0.1) is 0 Å². The SMILES string of the molecule is CN1C[C@H](c2nn(C)c(Cl)c2Br)[C@@H](C(=O)Nc2cccc(F)c2F)C1=O. The van der Waals surface area contributed by atoms with Gasteiger partial charge in [-0.25, -0.2) is 8.78 Å². The number of likely N-dealkylation sites (tertiary alicyclic amines) is 1. The van der Waals surface area contributed by atoms with E-state index in [0.29, 0.717) is 15.3 Å². The van der Waals surface area contributed by atoms with Crippen LogP contribution in [0.3, 0.4) is 0 Å². The third-order valence-corrected chi connectivity index (χ3v) is 5.75. The second kappa shape index (κ2) is 6.96. The molecule has 2 amide bonds. The maximum Gasteiger partial charge on any atom is 0.237 e. The highest BCUT2D eigenvalue weighted by molar-refractivity contribution is 9.10. The number of aryl methyl sites for hydroxylation is 1. The first kappa shape index (κ1) is 18.8. The van der Waals surface area contributed by atoms with E-state index in [1.165, 1.54) is 21.7 Å². The lowest BCUT2D eigenvalue weighted by Crippen LogP contribution is -2.33. The van der Waals surface area contributed by atoms with Crippen molar-refractivity contribution in [2.24, 2.45) is 13.0 Å². The summed E-state index contributed by atoms with van der Waals surface area (Å²) in [6.07, 6.45) is 0. The fourth-order valence-corrected chi connectivity index (χ4v) is 3.75. The normalized spacial score (nSPS) is 19.9. The molecule has 1 aromatic heterocycles. The zero-order valence-corrected chi connectivity index (χ0v) is 16.1. The molecule has 1 saturated heterocycles. The van der Waals surface area contributed by atoms with Gasteiger partial charge in [0.1, 0.15) is 11.1 Å². The molecule has 1 N–H and O–H groups in total. The van der Waals surface area contributed by atoms with Crippen molar-refractivity contribution < 1.29 is 18.4 Å². The lowest BCUT2D eigenvalue weighted by atomic mass is 9.91. The van der Waals surface area contributed by atoms with Gasteiger partial charge in [-0.3, -0.25) is 14.3 Å². The Balaban J connectivity index is 1.94. The minimum absolute atomic E-state index is 0.245. The number of likely N-dealkylation sites (N-methyl/N-ethyl adjacent to an activating group) is 1. The summed E-state index contributed by atoms with van der Waals surface area (Å²) < 4.78 is 29.1. The van der Waals surface area contributed by atoms with Gasteiger partial charge in [0, 0.05) is 26.6 Å². The average Bonchev–Trinajstić information content (AvgIpc) is 3.03. The van der Waals surface area contributed by atoms with Gasteiger partial charge < -0.3 is 10.2 Å². The van der Waals surface area contributed by atoms with Gasteiger partial charge >= 0.3 is 0 Å². The summed E-state index contributed by atoms with van der Waals surface area (Å²) in [4.78, 5) is 26.6. The van der Waals surface area contributed by atoms with E-state index in [2.05, 4.69) is 26.3 Å². The second-order valence-electron chi connectivity index (χ2n) is 6.01. The van der Waals surface area contributed by atoms with Gasteiger partial charge in [-0.1, -0.05) is 17.7 Å². The standard InChI is InChI=1S/C16H14BrClF2N4O2/c1-23-6-7(13-11(17)14(18)24(2)22-13)10(16(23)26)15(25)21-9-5-3-4-8(19)12(9)20/h3-5,7,10H,6H2,1-2H3,(H,21,25)/t7-,10-/m0/s1. The summed E-state index contributed by atoms with van der Waals surface area (Å²) in [5.41, 5.74) is 0.129. The molecule has 1 fully saturated rings. The highest BCUT2D eigenvalue weighted by Gasteiger charge is 2.46. The molecule has 1 aliphatic rings. The van der Waals surface area contributed by atoms with Crippen molar-refractivity contribution in [1.29, 1.82) is 0 Å². The molecule has 1 aromatic carbocycles. The number of carbonyl (C=O) groups excluding carboxylic acids is 2. The first-order chi connectivity index (χ1) is 12.2. The molecule has 2 aromatic rings. The fraction of sp³-hybridized carbons (Fsp3) is 0.312. The van der Waals surface area contributed by atoms with E-state index in [-0.39, 0.29) is 12.2 Å². The summed E-state index contributed by atoms with van der Waals surface area (Å²) in [5, 5.41) is 6.91. The molecule has 3 rings (SSSR count). The number of anilines is 1. The van der Waals surface area contributed by atoms with E-state index in [0.717, 1.165) is 6.07 Å². The van der Waals surface area contributed by atoms with Crippen LogP contribution in [0.2, 0.25) is 5.15 Å². The first-order valence-corrected chi connectivity index (χ1v) is 8.77. The Morgan fingerprint density at radius 2 is 2.08 bits per heavy atom. The van der Waals surface area contributed by atoms with Gasteiger partial charge in [0.2, 0.25) is 11.8 Å². The predicted molar refractivity (Wildman–Crippen MR) is 94.8 cm³/mol. The Labute approximate surface area is 161 Å². The van der Waals surface area contributed by atoms with Crippen LogP contribution in [0.4, 0.5) is 14.5 Å². The predicted octanol–water partition coefficient (Wildman–Crippen LogP) is 2.92. The molecule has 10 heteroatoms. The number of nitrogens with one attached hydrogen (secondary N) is 1. The van der Waals surface area contributed by atoms with Crippen LogP contribution in [0.5, 0.6) is 0 Å². The minimum Gasteiger partial charge on any atom is -0.344 e. The van der Waals surface area contributed by atoms with E-state index >= 15 is 0 Å². The smallest absolute Gasteiger partial charge is 0.237 e. The molecule has 0 unspecified atom stereocenters. The number of amides is 2. The number of halogens is 4. The minimum atomic E-state index is -1.18. The van der Waals surface area contributed by atoms with E-state index < -0.39 is 35.3 Å². The summed E-state index contributed by atoms with van der Waals surface area (Å²) in [6.45, 7) is 0.245. The van der Waals surface area contributed by atoms with Gasteiger partial charge in [0.25, 0.3) is 0 Å². The zero-order valence-electron chi connectivity index (χ0n) is 13.8. The molecule has 26 heavy (non-hydrogen) atoms. The summed E-state index contributed by atoms with van der Waals surface area (Å²) in [6, 6.07) is 3.43. The first-order valence-electron chi connectivity index (χ1n) is 7.60. The summed E-state index contributed by atoms with van der Waals surface area (Å²) in [7, 11) is 3.19. The third kappa shape index (κ3) is 3.09. The molecule has 2 heterocycles. The Hall–Kier alpha value is -2.00. The van der Waals surface area contributed by atoms with Crippen LogP contribution in [-0.2, 0) is 16.6 Å². The molecule has 0 radical (unpaired) electrons. The molecule has 0 bridgehead atoms. The van der Waals surface area contributed by atoms with Gasteiger partial charge in [0.05, 0.1) is 15.9 Å². The Bertz CT molecular complexity index is 905. The van der Waals surface area contributed by atoms with Crippen LogP contribution < -0.4 is 5.32 Å². The van der Waals surface area contributed by atoms with Crippen LogP contribution >= 0.6 is 27.5 Å². The van der Waals surface area contributed by atoms with Gasteiger partial charge in [-0.05, 0) is 28.1 Å². The number of hydrogen-bond donors (Lipinski definition) is 1. The third-order valence-electron chi connectivity index (χ3n) is 4.31. The molecule has 0 saturated carbocycles. The number of nitrogens with zero attached hydrogens (tertiary/aromatic N) is 3. The molecule has 2 atom stereocenters. The van der Waals surface area contributed by atoms with Crippen molar-refractivity contribution in [2.75, 3.05) is 18.9 Å². The van der Waals surface area contributed by atoms with Crippen molar-refractivity contribution in [3.05, 3.63) is 45.2 Å². The largest absolute Gasteiger partial charge is 0.344 e. The lowest BCUT2D eigenvalue weighted by molar-refractivity contribution is -0.135. The number of carbonyl (C=O) groups is 2. The lowest BCUT2D eigenvalue weighted by Gasteiger charge is -2.15.